The van der Waals surface area contributed by atoms with Gasteiger partial charge in [-0.15, -0.1) is 0 Å². The van der Waals surface area contributed by atoms with E-state index in [2.05, 4.69) is 10.3 Å². The molecule has 2 aromatic carbocycles. The summed E-state index contributed by atoms with van der Waals surface area (Å²) in [6, 6.07) is 9.57. The summed E-state index contributed by atoms with van der Waals surface area (Å²) in [4.78, 5) is 41.0. The van der Waals surface area contributed by atoms with Gasteiger partial charge in [0.15, 0.2) is 11.5 Å². The predicted octanol–water partition coefficient (Wildman–Crippen LogP) is 3.92. The third kappa shape index (κ3) is 4.48. The first kappa shape index (κ1) is 21.8. The maximum atomic E-state index is 13.3. The Kier molecular flexibility index (Phi) is 6.49. The number of aromatic nitrogens is 1. The molecule has 0 spiro atoms. The van der Waals surface area contributed by atoms with Crippen LogP contribution >= 0.6 is 0 Å². The molecule has 0 saturated heterocycles. The van der Waals surface area contributed by atoms with Gasteiger partial charge in [-0.25, -0.2) is 4.79 Å². The number of methoxy groups -OCH3 is 2. The van der Waals surface area contributed by atoms with Crippen LogP contribution in [0.1, 0.15) is 46.2 Å². The Morgan fingerprint density at radius 1 is 1.03 bits per heavy atom. The van der Waals surface area contributed by atoms with Crippen LogP contribution in [-0.4, -0.2) is 42.0 Å². The number of fused-ring (bicyclic) bond motifs is 1. The van der Waals surface area contributed by atoms with E-state index in [0.717, 1.165) is 6.20 Å². The predicted molar refractivity (Wildman–Crippen MR) is 115 cm³/mol. The zero-order valence-corrected chi connectivity index (χ0v) is 17.4. The number of carbonyl (C=O) groups is 3. The number of nitrogens with one attached hydrogen (secondary N) is 1. The fourth-order valence-electron chi connectivity index (χ4n) is 3.24. The topological polar surface area (TPSA) is 115 Å². The van der Waals surface area contributed by atoms with E-state index in [1.165, 1.54) is 26.4 Å². The highest BCUT2D eigenvalue weighted by Crippen LogP contribution is 2.35. The maximum absolute atomic E-state index is 13.3. The van der Waals surface area contributed by atoms with Crippen molar-refractivity contribution in [2.45, 2.75) is 19.8 Å². The number of benzene rings is 2. The molecule has 1 amide bonds. The van der Waals surface area contributed by atoms with Gasteiger partial charge < -0.3 is 19.9 Å². The number of pyridine rings is 1. The molecule has 0 atom stereocenters. The molecular weight excluding hydrogens is 400 g/mol. The van der Waals surface area contributed by atoms with Crippen molar-refractivity contribution in [1.29, 1.82) is 0 Å². The van der Waals surface area contributed by atoms with Crippen molar-refractivity contribution in [3.8, 4) is 11.5 Å². The average Bonchev–Trinajstić information content (AvgIpc) is 2.76. The summed E-state index contributed by atoms with van der Waals surface area (Å²) >= 11 is 0. The number of hydrogen-bond donors (Lipinski definition) is 2. The van der Waals surface area contributed by atoms with Crippen molar-refractivity contribution in [1.82, 2.24) is 4.98 Å². The molecule has 0 unspecified atom stereocenters. The molecule has 0 aliphatic heterocycles. The summed E-state index contributed by atoms with van der Waals surface area (Å²) in [6.07, 6.45) is 2.24. The standard InChI is InChI=1S/C23H22N2O6/c1-4-6-20(26)25-14-8-5-7-13(9-14)22(27)21-16-11-19(31-3)18(30-2)10-15(16)17(12-24-21)23(28)29/h5,7-12H,4,6H2,1-3H3,(H,25,26)(H,28,29). The van der Waals surface area contributed by atoms with E-state index in [0.29, 0.717) is 46.4 Å². The minimum Gasteiger partial charge on any atom is -0.493 e. The minimum atomic E-state index is -1.18. The van der Waals surface area contributed by atoms with Crippen LogP contribution in [0.25, 0.3) is 10.8 Å². The molecule has 2 N–H and O–H groups in total. The Bertz CT molecular complexity index is 1170. The van der Waals surface area contributed by atoms with E-state index >= 15 is 0 Å². The van der Waals surface area contributed by atoms with Crippen LogP contribution in [0.15, 0.2) is 42.6 Å². The Morgan fingerprint density at radius 3 is 2.32 bits per heavy atom. The van der Waals surface area contributed by atoms with Gasteiger partial charge in [-0.2, -0.15) is 0 Å². The van der Waals surface area contributed by atoms with E-state index in [9.17, 15) is 19.5 Å². The third-order valence-electron chi connectivity index (χ3n) is 4.72. The summed E-state index contributed by atoms with van der Waals surface area (Å²) in [5, 5.41) is 12.9. The van der Waals surface area contributed by atoms with Gasteiger partial charge in [0.05, 0.1) is 19.8 Å². The number of ketones is 1. The molecule has 0 aliphatic rings. The molecule has 0 bridgehead atoms. The number of rotatable bonds is 8. The number of carboxylic acid groups (broad SMARTS) is 1. The number of ether oxygens (including phenoxy) is 2. The van der Waals surface area contributed by atoms with Gasteiger partial charge in [0.2, 0.25) is 11.7 Å². The molecule has 31 heavy (non-hydrogen) atoms. The van der Waals surface area contributed by atoms with Crippen LogP contribution in [-0.2, 0) is 4.79 Å². The van der Waals surface area contributed by atoms with Gasteiger partial charge in [-0.3, -0.25) is 14.6 Å². The highest BCUT2D eigenvalue weighted by atomic mass is 16.5. The summed E-state index contributed by atoms with van der Waals surface area (Å²) in [5.74, 6) is -1.06. The van der Waals surface area contributed by atoms with Gasteiger partial charge in [0.1, 0.15) is 5.69 Å². The second-order valence-corrected chi connectivity index (χ2v) is 6.79. The molecule has 0 aliphatic carbocycles. The van der Waals surface area contributed by atoms with Gasteiger partial charge in [-0.1, -0.05) is 19.1 Å². The molecule has 3 rings (SSSR count). The number of carbonyl (C=O) groups excluding carboxylic acids is 2. The molecular formula is C23H22N2O6. The van der Waals surface area contributed by atoms with E-state index < -0.39 is 11.8 Å². The molecule has 1 heterocycles. The number of amides is 1. The summed E-state index contributed by atoms with van der Waals surface area (Å²) < 4.78 is 10.6. The quantitative estimate of drug-likeness (QED) is 0.529. The van der Waals surface area contributed by atoms with Crippen molar-refractivity contribution in [2.24, 2.45) is 0 Å². The van der Waals surface area contributed by atoms with Crippen LogP contribution in [0, 0.1) is 0 Å². The Morgan fingerprint density at radius 2 is 1.71 bits per heavy atom. The molecule has 1 aromatic heterocycles. The monoisotopic (exact) mass is 422 g/mol. The Hall–Kier alpha value is -3.94. The number of aromatic carboxylic acids is 1. The fraction of sp³-hybridized carbons (Fsp3) is 0.217. The summed E-state index contributed by atoms with van der Waals surface area (Å²) in [7, 11) is 2.89. The van der Waals surface area contributed by atoms with Crippen molar-refractivity contribution < 1.29 is 29.0 Å². The van der Waals surface area contributed by atoms with Crippen LogP contribution in [0.5, 0.6) is 11.5 Å². The van der Waals surface area contributed by atoms with Crippen molar-refractivity contribution in [3.05, 3.63) is 59.4 Å². The summed E-state index contributed by atoms with van der Waals surface area (Å²) in [5.41, 5.74) is 0.807. The summed E-state index contributed by atoms with van der Waals surface area (Å²) in [6.45, 7) is 1.90. The van der Waals surface area contributed by atoms with E-state index in [4.69, 9.17) is 9.47 Å². The zero-order chi connectivity index (χ0) is 22.5. The minimum absolute atomic E-state index is 0.0620. The zero-order valence-electron chi connectivity index (χ0n) is 17.4. The lowest BCUT2D eigenvalue weighted by atomic mass is 9.98. The van der Waals surface area contributed by atoms with Crippen LogP contribution in [0.4, 0.5) is 5.69 Å². The number of carboxylic acids is 1. The number of hydrogen-bond acceptors (Lipinski definition) is 6. The lowest BCUT2D eigenvalue weighted by Gasteiger charge is -2.13. The first-order valence-electron chi connectivity index (χ1n) is 9.62. The Balaban J connectivity index is 2.12. The lowest BCUT2D eigenvalue weighted by molar-refractivity contribution is -0.116. The second-order valence-electron chi connectivity index (χ2n) is 6.79. The largest absolute Gasteiger partial charge is 0.493 e. The molecule has 3 aromatic rings. The Labute approximate surface area is 178 Å². The second kappa shape index (κ2) is 9.25. The fourth-order valence-corrected chi connectivity index (χ4v) is 3.24. The smallest absolute Gasteiger partial charge is 0.337 e. The van der Waals surface area contributed by atoms with Gasteiger partial charge in [0, 0.05) is 34.6 Å². The molecule has 0 fully saturated rings. The van der Waals surface area contributed by atoms with Crippen molar-refractivity contribution >= 4 is 34.1 Å². The van der Waals surface area contributed by atoms with E-state index in [1.54, 1.807) is 24.3 Å². The van der Waals surface area contributed by atoms with E-state index in [1.807, 2.05) is 6.92 Å². The highest BCUT2D eigenvalue weighted by Gasteiger charge is 2.21. The number of nitrogens with zero attached hydrogens (tertiary/aromatic N) is 1. The first-order valence-corrected chi connectivity index (χ1v) is 9.62. The highest BCUT2D eigenvalue weighted by molar-refractivity contribution is 6.18. The van der Waals surface area contributed by atoms with Gasteiger partial charge in [-0.05, 0) is 30.7 Å². The normalized spacial score (nSPS) is 10.5. The first-order chi connectivity index (χ1) is 14.9. The molecule has 160 valence electrons. The van der Waals surface area contributed by atoms with Crippen LogP contribution < -0.4 is 14.8 Å². The van der Waals surface area contributed by atoms with Crippen LogP contribution in [0.3, 0.4) is 0 Å². The van der Waals surface area contributed by atoms with Gasteiger partial charge >= 0.3 is 5.97 Å². The van der Waals surface area contributed by atoms with Crippen LogP contribution in [0.2, 0.25) is 0 Å². The molecule has 8 nitrogen and oxygen atoms in total. The molecule has 8 heteroatoms. The lowest BCUT2D eigenvalue weighted by Crippen LogP contribution is -2.12. The molecule has 0 radical (unpaired) electrons. The SMILES string of the molecule is CCCC(=O)Nc1cccc(C(=O)c2ncc(C(=O)O)c3cc(OC)c(OC)cc23)c1. The van der Waals surface area contributed by atoms with E-state index in [-0.39, 0.29) is 17.2 Å². The third-order valence-corrected chi connectivity index (χ3v) is 4.72. The maximum Gasteiger partial charge on any atom is 0.337 e. The van der Waals surface area contributed by atoms with Crippen molar-refractivity contribution in [3.63, 3.8) is 0 Å². The van der Waals surface area contributed by atoms with Crippen molar-refractivity contribution in [2.75, 3.05) is 19.5 Å². The average molecular weight is 422 g/mol. The molecule has 0 saturated carbocycles. The number of anilines is 1. The van der Waals surface area contributed by atoms with Gasteiger partial charge in [0.25, 0.3) is 0 Å².